The summed E-state index contributed by atoms with van der Waals surface area (Å²) in [5.41, 5.74) is 12.9. The van der Waals surface area contributed by atoms with Crippen molar-refractivity contribution in [3.05, 3.63) is 23.8 Å². The Labute approximate surface area is 100 Å². The maximum Gasteiger partial charge on any atom is 0.256 e. The molecule has 1 aromatic rings. The summed E-state index contributed by atoms with van der Waals surface area (Å²) in [5.74, 6) is -0.0571. The molecule has 1 unspecified atom stereocenters. The van der Waals surface area contributed by atoms with Gasteiger partial charge in [0.05, 0.1) is 24.8 Å². The van der Waals surface area contributed by atoms with Gasteiger partial charge < -0.3 is 21.1 Å². The van der Waals surface area contributed by atoms with Gasteiger partial charge in [0, 0.05) is 17.9 Å². The summed E-state index contributed by atoms with van der Waals surface area (Å²) >= 11 is 0. The maximum atomic E-state index is 12.3. The molecule has 0 radical (unpaired) electrons. The van der Waals surface area contributed by atoms with Crippen LogP contribution in [-0.2, 0) is 4.74 Å². The van der Waals surface area contributed by atoms with E-state index in [1.165, 1.54) is 0 Å². The molecule has 2 rings (SSSR count). The van der Waals surface area contributed by atoms with Crippen LogP contribution in [0.5, 0.6) is 0 Å². The second kappa shape index (κ2) is 4.63. The van der Waals surface area contributed by atoms with Crippen molar-refractivity contribution in [3.8, 4) is 0 Å². The third kappa shape index (κ3) is 2.34. The van der Waals surface area contributed by atoms with Crippen molar-refractivity contribution in [2.24, 2.45) is 0 Å². The van der Waals surface area contributed by atoms with Gasteiger partial charge in [0.25, 0.3) is 5.91 Å². The highest BCUT2D eigenvalue weighted by Crippen LogP contribution is 2.19. The molecule has 1 aromatic carbocycles. The van der Waals surface area contributed by atoms with E-state index in [0.29, 0.717) is 36.7 Å². The number of hydrogen-bond donors (Lipinski definition) is 2. The second-order valence-electron chi connectivity index (χ2n) is 4.27. The van der Waals surface area contributed by atoms with Gasteiger partial charge in [0.15, 0.2) is 0 Å². The van der Waals surface area contributed by atoms with Crippen LogP contribution in [0.2, 0.25) is 0 Å². The summed E-state index contributed by atoms with van der Waals surface area (Å²) in [6.07, 6.45) is 0. The predicted octanol–water partition coefficient (Wildman–Crippen LogP) is 0.712. The third-order valence-electron chi connectivity index (χ3n) is 2.93. The Morgan fingerprint density at radius 1 is 1.47 bits per heavy atom. The van der Waals surface area contributed by atoms with Gasteiger partial charge in [-0.2, -0.15) is 0 Å². The summed E-state index contributed by atoms with van der Waals surface area (Å²) < 4.78 is 5.30. The van der Waals surface area contributed by atoms with Crippen molar-refractivity contribution < 1.29 is 9.53 Å². The lowest BCUT2D eigenvalue weighted by Gasteiger charge is -2.33. The fraction of sp³-hybridized carbons (Fsp3) is 0.417. The molecule has 92 valence electrons. The third-order valence-corrected chi connectivity index (χ3v) is 2.93. The lowest BCUT2D eigenvalue weighted by atomic mass is 10.1. The second-order valence-corrected chi connectivity index (χ2v) is 4.27. The Kier molecular flexibility index (Phi) is 3.19. The van der Waals surface area contributed by atoms with Gasteiger partial charge in [0.1, 0.15) is 0 Å². The quantitative estimate of drug-likeness (QED) is 0.702. The first-order chi connectivity index (χ1) is 8.09. The van der Waals surface area contributed by atoms with Gasteiger partial charge in [-0.1, -0.05) is 0 Å². The van der Waals surface area contributed by atoms with Gasteiger partial charge in [-0.25, -0.2) is 0 Å². The van der Waals surface area contributed by atoms with Crippen LogP contribution in [0, 0.1) is 0 Å². The molecule has 0 aromatic heterocycles. The van der Waals surface area contributed by atoms with Crippen molar-refractivity contribution in [2.75, 3.05) is 31.2 Å². The van der Waals surface area contributed by atoms with Crippen molar-refractivity contribution in [3.63, 3.8) is 0 Å². The molecule has 5 heteroatoms. The number of rotatable bonds is 1. The standard InChI is InChI=1S/C12H17N3O2/c1-8-7-17-5-4-15(8)12(16)10-3-2-9(13)6-11(10)14/h2-3,6,8H,4-5,7,13-14H2,1H3. The monoisotopic (exact) mass is 235 g/mol. The highest BCUT2D eigenvalue weighted by molar-refractivity contribution is 5.99. The molecule has 0 aliphatic carbocycles. The zero-order chi connectivity index (χ0) is 12.4. The normalized spacial score (nSPS) is 20.3. The van der Waals surface area contributed by atoms with E-state index < -0.39 is 0 Å². The van der Waals surface area contributed by atoms with Crippen LogP contribution in [0.1, 0.15) is 17.3 Å². The molecule has 1 fully saturated rings. The van der Waals surface area contributed by atoms with Gasteiger partial charge in [0.2, 0.25) is 0 Å². The fourth-order valence-corrected chi connectivity index (χ4v) is 1.96. The number of morpholine rings is 1. The average molecular weight is 235 g/mol. The van der Waals surface area contributed by atoms with Crippen molar-refractivity contribution in [1.29, 1.82) is 0 Å². The van der Waals surface area contributed by atoms with Crippen molar-refractivity contribution in [2.45, 2.75) is 13.0 Å². The number of hydrogen-bond acceptors (Lipinski definition) is 4. The zero-order valence-electron chi connectivity index (χ0n) is 9.85. The lowest BCUT2D eigenvalue weighted by Crippen LogP contribution is -2.47. The number of nitrogens with two attached hydrogens (primary N) is 2. The Balaban J connectivity index is 2.24. The summed E-state index contributed by atoms with van der Waals surface area (Å²) in [7, 11) is 0. The van der Waals surface area contributed by atoms with Gasteiger partial charge >= 0.3 is 0 Å². The minimum absolute atomic E-state index is 0.0571. The van der Waals surface area contributed by atoms with Crippen LogP contribution >= 0.6 is 0 Å². The molecule has 1 heterocycles. The average Bonchev–Trinajstić information content (AvgIpc) is 2.29. The Bertz CT molecular complexity index is 434. The van der Waals surface area contributed by atoms with Crippen molar-refractivity contribution in [1.82, 2.24) is 4.90 Å². The first-order valence-corrected chi connectivity index (χ1v) is 5.63. The van der Waals surface area contributed by atoms with E-state index in [1.807, 2.05) is 6.92 Å². The molecule has 0 saturated carbocycles. The van der Waals surface area contributed by atoms with Crippen LogP contribution in [0.25, 0.3) is 0 Å². The first kappa shape index (κ1) is 11.7. The lowest BCUT2D eigenvalue weighted by molar-refractivity contribution is 0.00365. The minimum Gasteiger partial charge on any atom is -0.399 e. The molecule has 1 saturated heterocycles. The SMILES string of the molecule is CC1COCCN1C(=O)c1ccc(N)cc1N. The molecule has 1 atom stereocenters. The largest absolute Gasteiger partial charge is 0.399 e. The minimum atomic E-state index is -0.0571. The first-order valence-electron chi connectivity index (χ1n) is 5.63. The number of ether oxygens (including phenoxy) is 1. The van der Waals surface area contributed by atoms with E-state index >= 15 is 0 Å². The van der Waals surface area contributed by atoms with Gasteiger partial charge in [-0.15, -0.1) is 0 Å². The Morgan fingerprint density at radius 2 is 2.24 bits per heavy atom. The van der Waals surface area contributed by atoms with E-state index in [-0.39, 0.29) is 11.9 Å². The summed E-state index contributed by atoms with van der Waals surface area (Å²) in [6.45, 7) is 3.71. The molecule has 1 aliphatic heterocycles. The van der Waals surface area contributed by atoms with E-state index in [1.54, 1.807) is 23.1 Å². The number of nitrogen functional groups attached to an aromatic ring is 2. The predicted molar refractivity (Wildman–Crippen MR) is 66.6 cm³/mol. The molecular weight excluding hydrogens is 218 g/mol. The van der Waals surface area contributed by atoms with Gasteiger partial charge in [-0.05, 0) is 25.1 Å². The van der Waals surface area contributed by atoms with Crippen LogP contribution in [0.3, 0.4) is 0 Å². The number of carbonyl (C=O) groups is 1. The van der Waals surface area contributed by atoms with Crippen LogP contribution < -0.4 is 11.5 Å². The Morgan fingerprint density at radius 3 is 2.88 bits per heavy atom. The summed E-state index contributed by atoms with van der Waals surface area (Å²) in [6, 6.07) is 5.05. The van der Waals surface area contributed by atoms with Crippen LogP contribution in [-0.4, -0.2) is 36.6 Å². The van der Waals surface area contributed by atoms with E-state index in [9.17, 15) is 4.79 Å². The van der Waals surface area contributed by atoms with Gasteiger partial charge in [-0.3, -0.25) is 4.79 Å². The molecule has 1 aliphatic rings. The molecule has 5 nitrogen and oxygen atoms in total. The summed E-state index contributed by atoms with van der Waals surface area (Å²) in [5, 5.41) is 0. The maximum absolute atomic E-state index is 12.3. The molecule has 1 amide bonds. The molecule has 0 bridgehead atoms. The highest BCUT2D eigenvalue weighted by Gasteiger charge is 2.25. The molecule has 17 heavy (non-hydrogen) atoms. The van der Waals surface area contributed by atoms with Crippen LogP contribution in [0.4, 0.5) is 11.4 Å². The number of anilines is 2. The summed E-state index contributed by atoms with van der Waals surface area (Å²) in [4.78, 5) is 14.1. The fourth-order valence-electron chi connectivity index (χ4n) is 1.96. The molecular formula is C12H17N3O2. The van der Waals surface area contributed by atoms with E-state index in [0.717, 1.165) is 0 Å². The van der Waals surface area contributed by atoms with Crippen LogP contribution in [0.15, 0.2) is 18.2 Å². The molecule has 4 N–H and O–H groups in total. The smallest absolute Gasteiger partial charge is 0.256 e. The van der Waals surface area contributed by atoms with E-state index in [2.05, 4.69) is 0 Å². The number of benzene rings is 1. The highest BCUT2D eigenvalue weighted by atomic mass is 16.5. The number of nitrogens with zero attached hydrogens (tertiary/aromatic N) is 1. The number of amides is 1. The zero-order valence-corrected chi connectivity index (χ0v) is 9.85. The topological polar surface area (TPSA) is 81.6 Å². The van der Waals surface area contributed by atoms with E-state index in [4.69, 9.17) is 16.2 Å². The van der Waals surface area contributed by atoms with Crippen molar-refractivity contribution >= 4 is 17.3 Å². The number of carbonyl (C=O) groups excluding carboxylic acids is 1. The molecule has 0 spiro atoms. The Hall–Kier alpha value is -1.75.